The number of nitrogens with one attached hydrogen (secondary N) is 1. The van der Waals surface area contributed by atoms with Gasteiger partial charge >= 0.3 is 5.97 Å². The van der Waals surface area contributed by atoms with Gasteiger partial charge in [0.05, 0.1) is 12.0 Å². The molecule has 1 unspecified atom stereocenters. The number of rotatable bonds is 5. The normalized spacial score (nSPS) is 11.9. The SMILES string of the molecule is CCC(CC(=O)O)NC(=O)c1ccc(Cl)cc1F. The first kappa shape index (κ1) is 14.4. The first-order valence-corrected chi connectivity index (χ1v) is 5.79. The second kappa shape index (κ2) is 6.35. The van der Waals surface area contributed by atoms with E-state index >= 15 is 0 Å². The molecule has 1 aromatic carbocycles. The van der Waals surface area contributed by atoms with Gasteiger partial charge in [-0.1, -0.05) is 18.5 Å². The van der Waals surface area contributed by atoms with Crippen LogP contribution in [0.3, 0.4) is 0 Å². The van der Waals surface area contributed by atoms with E-state index in [-0.39, 0.29) is 17.0 Å². The maximum Gasteiger partial charge on any atom is 0.305 e. The van der Waals surface area contributed by atoms with Crippen molar-refractivity contribution in [2.24, 2.45) is 0 Å². The fraction of sp³-hybridized carbons (Fsp3) is 0.333. The first-order chi connectivity index (χ1) is 8.43. The summed E-state index contributed by atoms with van der Waals surface area (Å²) < 4.78 is 13.5. The van der Waals surface area contributed by atoms with Crippen LogP contribution in [0.1, 0.15) is 30.1 Å². The molecule has 0 bridgehead atoms. The van der Waals surface area contributed by atoms with E-state index in [0.717, 1.165) is 6.07 Å². The largest absolute Gasteiger partial charge is 0.481 e. The minimum atomic E-state index is -1.02. The lowest BCUT2D eigenvalue weighted by Crippen LogP contribution is -2.36. The lowest BCUT2D eigenvalue weighted by molar-refractivity contribution is -0.137. The maximum absolute atomic E-state index is 13.5. The van der Waals surface area contributed by atoms with Crippen LogP contribution in [-0.4, -0.2) is 23.0 Å². The van der Waals surface area contributed by atoms with Crippen LogP contribution in [0.15, 0.2) is 18.2 Å². The summed E-state index contributed by atoms with van der Waals surface area (Å²) in [5.74, 6) is -2.39. The number of amides is 1. The molecule has 1 atom stereocenters. The van der Waals surface area contributed by atoms with E-state index in [1.54, 1.807) is 6.92 Å². The molecule has 0 spiro atoms. The second-order valence-electron chi connectivity index (χ2n) is 3.80. The summed E-state index contributed by atoms with van der Waals surface area (Å²) in [6.07, 6.45) is 0.255. The Morgan fingerprint density at radius 2 is 2.17 bits per heavy atom. The highest BCUT2D eigenvalue weighted by Crippen LogP contribution is 2.15. The Labute approximate surface area is 109 Å². The van der Waals surface area contributed by atoms with Crippen LogP contribution in [0.5, 0.6) is 0 Å². The molecule has 6 heteroatoms. The van der Waals surface area contributed by atoms with Gasteiger partial charge in [0, 0.05) is 11.1 Å². The minimum Gasteiger partial charge on any atom is -0.481 e. The number of carbonyl (C=O) groups is 2. The maximum atomic E-state index is 13.5. The molecule has 1 rings (SSSR count). The Kier molecular flexibility index (Phi) is 5.09. The van der Waals surface area contributed by atoms with E-state index in [9.17, 15) is 14.0 Å². The molecule has 0 saturated heterocycles. The van der Waals surface area contributed by atoms with Gasteiger partial charge in [0.1, 0.15) is 5.82 Å². The number of carboxylic acids is 1. The van der Waals surface area contributed by atoms with Crippen molar-refractivity contribution < 1.29 is 19.1 Å². The Morgan fingerprint density at radius 1 is 1.50 bits per heavy atom. The highest BCUT2D eigenvalue weighted by atomic mass is 35.5. The molecule has 0 heterocycles. The van der Waals surface area contributed by atoms with Crippen LogP contribution in [0, 0.1) is 5.82 Å². The van der Waals surface area contributed by atoms with Gasteiger partial charge in [0.15, 0.2) is 0 Å². The molecular weight excluding hydrogens is 261 g/mol. The Bertz CT molecular complexity index is 465. The zero-order valence-corrected chi connectivity index (χ0v) is 10.5. The highest BCUT2D eigenvalue weighted by Gasteiger charge is 2.17. The molecule has 1 aromatic rings. The molecule has 0 aliphatic carbocycles. The lowest BCUT2D eigenvalue weighted by atomic mass is 10.1. The smallest absolute Gasteiger partial charge is 0.305 e. The monoisotopic (exact) mass is 273 g/mol. The van der Waals surface area contributed by atoms with E-state index in [1.807, 2.05) is 0 Å². The summed E-state index contributed by atoms with van der Waals surface area (Å²) in [6, 6.07) is 3.18. The van der Waals surface area contributed by atoms with Crippen LogP contribution in [0.25, 0.3) is 0 Å². The highest BCUT2D eigenvalue weighted by molar-refractivity contribution is 6.30. The van der Waals surface area contributed by atoms with E-state index in [4.69, 9.17) is 16.7 Å². The second-order valence-corrected chi connectivity index (χ2v) is 4.24. The number of hydrogen-bond donors (Lipinski definition) is 2. The molecule has 0 radical (unpaired) electrons. The van der Waals surface area contributed by atoms with Crippen LogP contribution in [0.4, 0.5) is 4.39 Å². The van der Waals surface area contributed by atoms with Crippen LogP contribution >= 0.6 is 11.6 Å². The molecule has 0 fully saturated rings. The van der Waals surface area contributed by atoms with Gasteiger partial charge in [-0.3, -0.25) is 9.59 Å². The molecule has 0 aromatic heterocycles. The van der Waals surface area contributed by atoms with Crippen molar-refractivity contribution in [2.45, 2.75) is 25.8 Å². The van der Waals surface area contributed by atoms with Crippen molar-refractivity contribution in [3.63, 3.8) is 0 Å². The number of benzene rings is 1. The van der Waals surface area contributed by atoms with Gasteiger partial charge in [-0.05, 0) is 24.6 Å². The molecule has 2 N–H and O–H groups in total. The number of carboxylic acid groups (broad SMARTS) is 1. The topological polar surface area (TPSA) is 66.4 Å². The van der Waals surface area contributed by atoms with Gasteiger partial charge in [0.2, 0.25) is 0 Å². The third kappa shape index (κ3) is 4.00. The molecule has 0 aliphatic heterocycles. The zero-order chi connectivity index (χ0) is 13.7. The number of hydrogen-bond acceptors (Lipinski definition) is 2. The Hall–Kier alpha value is -1.62. The molecule has 0 aliphatic rings. The Balaban J connectivity index is 2.77. The summed E-state index contributed by atoms with van der Waals surface area (Å²) in [5.41, 5.74) is -0.150. The number of aliphatic carboxylic acids is 1. The number of carbonyl (C=O) groups excluding carboxylic acids is 1. The van der Waals surface area contributed by atoms with Crippen molar-refractivity contribution in [1.82, 2.24) is 5.32 Å². The third-order valence-corrected chi connectivity index (χ3v) is 2.66. The molecule has 0 saturated carbocycles. The van der Waals surface area contributed by atoms with E-state index in [1.165, 1.54) is 12.1 Å². The zero-order valence-electron chi connectivity index (χ0n) is 9.74. The third-order valence-electron chi connectivity index (χ3n) is 2.42. The van der Waals surface area contributed by atoms with Crippen LogP contribution in [-0.2, 0) is 4.79 Å². The van der Waals surface area contributed by atoms with Crippen LogP contribution in [0.2, 0.25) is 5.02 Å². The summed E-state index contributed by atoms with van der Waals surface area (Å²) in [5, 5.41) is 11.3. The predicted molar refractivity (Wildman–Crippen MR) is 65.2 cm³/mol. The Morgan fingerprint density at radius 3 is 2.67 bits per heavy atom. The fourth-order valence-corrected chi connectivity index (χ4v) is 1.60. The van der Waals surface area contributed by atoms with Gasteiger partial charge in [-0.15, -0.1) is 0 Å². The van der Waals surface area contributed by atoms with Crippen molar-refractivity contribution in [3.05, 3.63) is 34.6 Å². The molecular formula is C12H13ClFNO3. The van der Waals surface area contributed by atoms with E-state index < -0.39 is 23.7 Å². The molecule has 1 amide bonds. The van der Waals surface area contributed by atoms with Crippen molar-refractivity contribution in [1.29, 1.82) is 0 Å². The first-order valence-electron chi connectivity index (χ1n) is 5.41. The molecule has 98 valence electrons. The standard InChI is InChI=1S/C12H13ClFNO3/c1-2-8(6-11(16)17)15-12(18)9-4-3-7(13)5-10(9)14/h3-5,8H,2,6H2,1H3,(H,15,18)(H,16,17). The lowest BCUT2D eigenvalue weighted by Gasteiger charge is -2.15. The minimum absolute atomic E-state index is 0.150. The predicted octanol–water partition coefficient (Wildman–Crippen LogP) is 2.46. The summed E-state index contributed by atoms with van der Waals surface area (Å²) in [4.78, 5) is 22.3. The van der Waals surface area contributed by atoms with E-state index in [0.29, 0.717) is 6.42 Å². The van der Waals surface area contributed by atoms with Gasteiger partial charge in [-0.2, -0.15) is 0 Å². The summed E-state index contributed by atoms with van der Waals surface area (Å²) in [7, 11) is 0. The van der Waals surface area contributed by atoms with Gasteiger partial charge in [0.25, 0.3) is 5.91 Å². The molecule has 18 heavy (non-hydrogen) atoms. The number of halogens is 2. The average molecular weight is 274 g/mol. The van der Waals surface area contributed by atoms with Crippen molar-refractivity contribution >= 4 is 23.5 Å². The summed E-state index contributed by atoms with van der Waals surface area (Å²) >= 11 is 5.57. The van der Waals surface area contributed by atoms with Gasteiger partial charge in [-0.25, -0.2) is 4.39 Å². The molecule has 4 nitrogen and oxygen atoms in total. The quantitative estimate of drug-likeness (QED) is 0.866. The van der Waals surface area contributed by atoms with Crippen molar-refractivity contribution in [3.8, 4) is 0 Å². The fourth-order valence-electron chi connectivity index (χ4n) is 1.44. The summed E-state index contributed by atoms with van der Waals surface area (Å²) in [6.45, 7) is 1.74. The van der Waals surface area contributed by atoms with Crippen molar-refractivity contribution in [2.75, 3.05) is 0 Å². The van der Waals surface area contributed by atoms with Crippen LogP contribution < -0.4 is 5.32 Å². The van der Waals surface area contributed by atoms with Gasteiger partial charge < -0.3 is 10.4 Å². The van der Waals surface area contributed by atoms with E-state index in [2.05, 4.69) is 5.32 Å². The average Bonchev–Trinajstić information content (AvgIpc) is 2.27.